The summed E-state index contributed by atoms with van der Waals surface area (Å²) in [5.74, 6) is 0.746. The van der Waals surface area contributed by atoms with E-state index in [1.807, 2.05) is 0 Å². The van der Waals surface area contributed by atoms with Gasteiger partial charge < -0.3 is 19.3 Å². The highest BCUT2D eigenvalue weighted by atomic mass is 32.2. The van der Waals surface area contributed by atoms with Crippen LogP contribution in [0.5, 0.6) is 11.5 Å². The number of aromatic nitrogens is 1. The molecule has 0 unspecified atom stereocenters. The quantitative estimate of drug-likeness (QED) is 0.717. The van der Waals surface area contributed by atoms with E-state index < -0.39 is 15.9 Å². The molecule has 1 aromatic carbocycles. The first-order valence-corrected chi connectivity index (χ1v) is 8.93. The van der Waals surface area contributed by atoms with E-state index in [1.54, 1.807) is 13.0 Å². The van der Waals surface area contributed by atoms with Crippen molar-refractivity contribution in [1.29, 1.82) is 0 Å². The minimum absolute atomic E-state index is 0.0788. The molecule has 1 heterocycles. The Morgan fingerprint density at radius 3 is 2.32 bits per heavy atom. The van der Waals surface area contributed by atoms with Gasteiger partial charge in [-0.15, -0.1) is 0 Å². The van der Waals surface area contributed by atoms with Crippen LogP contribution in [0.15, 0.2) is 28.8 Å². The molecule has 0 saturated carbocycles. The molecule has 1 aromatic heterocycles. The minimum Gasteiger partial charge on any atom is -0.497 e. The summed E-state index contributed by atoms with van der Waals surface area (Å²) in [7, 11) is -0.716. The van der Waals surface area contributed by atoms with Crippen LogP contribution in [0, 0.1) is 6.92 Å². The van der Waals surface area contributed by atoms with Gasteiger partial charge >= 0.3 is 0 Å². The third-order valence-electron chi connectivity index (χ3n) is 3.16. The number of benzene rings is 1. The standard InChI is InChI=1S/C15H19N3O6S/c1-10-6-14(17-24-10)18-25(20,21)5-4-16-15(19)11-7-12(22-2)9-13(8-11)23-3/h6-9H,4-5H2,1-3H3,(H,16,19)(H,17,18). The Hall–Kier alpha value is -2.75. The topological polar surface area (TPSA) is 120 Å². The lowest BCUT2D eigenvalue weighted by Crippen LogP contribution is -2.31. The van der Waals surface area contributed by atoms with E-state index >= 15 is 0 Å². The molecule has 0 aliphatic heterocycles. The molecule has 0 spiro atoms. The fourth-order valence-corrected chi connectivity index (χ4v) is 2.85. The van der Waals surface area contributed by atoms with Crippen molar-refractivity contribution in [3.63, 3.8) is 0 Å². The van der Waals surface area contributed by atoms with E-state index in [0.29, 0.717) is 22.8 Å². The summed E-state index contributed by atoms with van der Waals surface area (Å²) in [5.41, 5.74) is 0.300. The SMILES string of the molecule is COc1cc(OC)cc(C(=O)NCCS(=O)(=O)Nc2cc(C)on2)c1. The Kier molecular flexibility index (Phi) is 5.86. The number of hydrogen-bond acceptors (Lipinski definition) is 7. The van der Waals surface area contributed by atoms with Gasteiger partial charge in [0.1, 0.15) is 17.3 Å². The number of aryl methyl sites for hydroxylation is 1. The van der Waals surface area contributed by atoms with Crippen molar-refractivity contribution in [2.24, 2.45) is 0 Å². The molecule has 1 amide bonds. The predicted molar refractivity (Wildman–Crippen MR) is 90.5 cm³/mol. The number of amides is 1. The zero-order valence-electron chi connectivity index (χ0n) is 14.0. The average Bonchev–Trinajstić information content (AvgIpc) is 2.97. The van der Waals surface area contributed by atoms with Crippen LogP contribution in [0.25, 0.3) is 0 Å². The second kappa shape index (κ2) is 7.88. The molecule has 2 aromatic rings. The van der Waals surface area contributed by atoms with Crippen molar-refractivity contribution in [1.82, 2.24) is 10.5 Å². The van der Waals surface area contributed by atoms with Gasteiger partial charge in [0.2, 0.25) is 10.0 Å². The lowest BCUT2D eigenvalue weighted by Gasteiger charge is -2.09. The number of rotatable bonds is 8. The maximum absolute atomic E-state index is 12.2. The predicted octanol–water partition coefficient (Wildman–Crippen LogP) is 1.17. The summed E-state index contributed by atoms with van der Waals surface area (Å²) >= 11 is 0. The van der Waals surface area contributed by atoms with Crippen molar-refractivity contribution >= 4 is 21.7 Å². The summed E-state index contributed by atoms with van der Waals surface area (Å²) in [5, 5.41) is 6.09. The van der Waals surface area contributed by atoms with Gasteiger partial charge in [0.15, 0.2) is 5.82 Å². The molecule has 0 saturated heterocycles. The number of anilines is 1. The Labute approximate surface area is 145 Å². The van der Waals surface area contributed by atoms with Gasteiger partial charge in [0, 0.05) is 24.2 Å². The van der Waals surface area contributed by atoms with Crippen LogP contribution in [0.1, 0.15) is 16.1 Å². The fraction of sp³-hybridized carbons (Fsp3) is 0.333. The number of carbonyl (C=O) groups excluding carboxylic acids is 1. The Bertz CT molecular complexity index is 824. The van der Waals surface area contributed by atoms with Crippen LogP contribution < -0.4 is 19.5 Å². The minimum atomic E-state index is -3.66. The van der Waals surface area contributed by atoms with E-state index in [9.17, 15) is 13.2 Å². The highest BCUT2D eigenvalue weighted by molar-refractivity contribution is 7.92. The van der Waals surface area contributed by atoms with Crippen LogP contribution in [0.4, 0.5) is 5.82 Å². The number of ether oxygens (including phenoxy) is 2. The first kappa shape index (κ1) is 18.6. The van der Waals surface area contributed by atoms with Gasteiger partial charge in [0.25, 0.3) is 5.91 Å². The van der Waals surface area contributed by atoms with Crippen molar-refractivity contribution in [2.75, 3.05) is 31.2 Å². The molecule has 0 fully saturated rings. The average molecular weight is 369 g/mol. The monoisotopic (exact) mass is 369 g/mol. The zero-order valence-corrected chi connectivity index (χ0v) is 14.8. The summed E-state index contributed by atoms with van der Waals surface area (Å²) in [6.45, 7) is 1.57. The maximum Gasteiger partial charge on any atom is 0.251 e. The van der Waals surface area contributed by atoms with Gasteiger partial charge in [-0.05, 0) is 19.1 Å². The number of nitrogens with one attached hydrogen (secondary N) is 2. The lowest BCUT2D eigenvalue weighted by atomic mass is 10.2. The molecule has 0 atom stereocenters. The first-order chi connectivity index (χ1) is 11.8. The second-order valence-electron chi connectivity index (χ2n) is 5.10. The smallest absolute Gasteiger partial charge is 0.251 e. The first-order valence-electron chi connectivity index (χ1n) is 7.28. The summed E-state index contributed by atoms with van der Waals surface area (Å²) in [6.07, 6.45) is 0. The molecule has 0 aliphatic rings. The van der Waals surface area contributed by atoms with Gasteiger partial charge in [0.05, 0.1) is 20.0 Å². The van der Waals surface area contributed by atoms with Gasteiger partial charge in [-0.25, -0.2) is 8.42 Å². The third kappa shape index (κ3) is 5.38. The number of hydrogen-bond donors (Lipinski definition) is 2. The number of methoxy groups -OCH3 is 2. The van der Waals surface area contributed by atoms with Gasteiger partial charge in [-0.2, -0.15) is 0 Å². The maximum atomic E-state index is 12.2. The molecular weight excluding hydrogens is 350 g/mol. The fourth-order valence-electron chi connectivity index (χ4n) is 1.96. The van der Waals surface area contributed by atoms with E-state index in [0.717, 1.165) is 0 Å². The van der Waals surface area contributed by atoms with Gasteiger partial charge in [-0.1, -0.05) is 5.16 Å². The van der Waals surface area contributed by atoms with E-state index in [1.165, 1.54) is 32.4 Å². The highest BCUT2D eigenvalue weighted by Crippen LogP contribution is 2.22. The van der Waals surface area contributed by atoms with Crippen LogP contribution in [0.2, 0.25) is 0 Å². The van der Waals surface area contributed by atoms with Crippen molar-refractivity contribution < 1.29 is 27.2 Å². The number of sulfonamides is 1. The van der Waals surface area contributed by atoms with Gasteiger partial charge in [-0.3, -0.25) is 9.52 Å². The molecule has 25 heavy (non-hydrogen) atoms. The molecule has 0 radical (unpaired) electrons. The van der Waals surface area contributed by atoms with Crippen LogP contribution in [0.3, 0.4) is 0 Å². The molecule has 136 valence electrons. The zero-order chi connectivity index (χ0) is 18.4. The number of nitrogens with zero attached hydrogens (tertiary/aromatic N) is 1. The Balaban J connectivity index is 1.93. The van der Waals surface area contributed by atoms with Crippen LogP contribution >= 0.6 is 0 Å². The van der Waals surface area contributed by atoms with Crippen molar-refractivity contribution in [3.8, 4) is 11.5 Å². The molecule has 10 heteroatoms. The number of carbonyl (C=O) groups is 1. The molecular formula is C15H19N3O6S. The molecule has 9 nitrogen and oxygen atoms in total. The Morgan fingerprint density at radius 2 is 1.80 bits per heavy atom. The van der Waals surface area contributed by atoms with Crippen LogP contribution in [-0.2, 0) is 10.0 Å². The molecule has 2 rings (SSSR count). The molecule has 2 N–H and O–H groups in total. The largest absolute Gasteiger partial charge is 0.497 e. The van der Waals surface area contributed by atoms with Crippen LogP contribution in [-0.4, -0.2) is 46.0 Å². The normalized spacial score (nSPS) is 11.0. The summed E-state index contributed by atoms with van der Waals surface area (Å²) < 4.78 is 41.1. The highest BCUT2D eigenvalue weighted by Gasteiger charge is 2.15. The summed E-state index contributed by atoms with van der Waals surface area (Å²) in [6, 6.07) is 6.15. The van der Waals surface area contributed by atoms with E-state index in [4.69, 9.17) is 14.0 Å². The lowest BCUT2D eigenvalue weighted by molar-refractivity contribution is 0.0955. The van der Waals surface area contributed by atoms with Crippen molar-refractivity contribution in [3.05, 3.63) is 35.6 Å². The molecule has 0 aliphatic carbocycles. The second-order valence-corrected chi connectivity index (χ2v) is 6.94. The molecule has 0 bridgehead atoms. The summed E-state index contributed by atoms with van der Waals surface area (Å²) in [4.78, 5) is 12.2. The third-order valence-corrected chi connectivity index (χ3v) is 4.42. The van der Waals surface area contributed by atoms with E-state index in [-0.39, 0.29) is 18.1 Å². The Morgan fingerprint density at radius 1 is 1.16 bits per heavy atom. The van der Waals surface area contributed by atoms with Crippen molar-refractivity contribution in [2.45, 2.75) is 6.92 Å². The van der Waals surface area contributed by atoms with E-state index in [2.05, 4.69) is 15.2 Å².